The first kappa shape index (κ1) is 18.2. The number of rotatable bonds is 4. The second kappa shape index (κ2) is 7.85. The van der Waals surface area contributed by atoms with Crippen LogP contribution in [0.15, 0.2) is 67.0 Å². The number of hydrogen-bond donors (Lipinski definition) is 1. The zero-order chi connectivity index (χ0) is 19.5. The molecular formula is C24H25N3O. The molecule has 1 aliphatic rings. The summed E-state index contributed by atoms with van der Waals surface area (Å²) in [5, 5.41) is 3.43. The van der Waals surface area contributed by atoms with Crippen LogP contribution < -0.4 is 5.32 Å². The third-order valence-corrected chi connectivity index (χ3v) is 5.26. The summed E-state index contributed by atoms with van der Waals surface area (Å²) in [6, 6.07) is 18.5. The van der Waals surface area contributed by atoms with E-state index in [2.05, 4.69) is 54.5 Å². The molecule has 0 aliphatic carbocycles. The molecule has 4 heteroatoms. The molecule has 1 aliphatic heterocycles. The Labute approximate surface area is 166 Å². The first-order valence-corrected chi connectivity index (χ1v) is 9.79. The minimum absolute atomic E-state index is 0.0304. The van der Waals surface area contributed by atoms with Crippen LogP contribution in [-0.4, -0.2) is 22.3 Å². The average Bonchev–Trinajstić information content (AvgIpc) is 2.73. The van der Waals surface area contributed by atoms with Crippen LogP contribution in [0, 0.1) is 0 Å². The van der Waals surface area contributed by atoms with Crippen molar-refractivity contribution in [2.45, 2.75) is 32.7 Å². The van der Waals surface area contributed by atoms with Gasteiger partial charge in [0.1, 0.15) is 0 Å². The van der Waals surface area contributed by atoms with Crippen molar-refractivity contribution in [1.29, 1.82) is 0 Å². The molecule has 2 heterocycles. The topological polar surface area (TPSA) is 45.2 Å². The van der Waals surface area contributed by atoms with Gasteiger partial charge in [-0.2, -0.15) is 0 Å². The Hall–Kier alpha value is -3.14. The van der Waals surface area contributed by atoms with Crippen molar-refractivity contribution in [2.24, 2.45) is 0 Å². The van der Waals surface area contributed by atoms with E-state index in [4.69, 9.17) is 0 Å². The van der Waals surface area contributed by atoms with E-state index in [0.717, 1.165) is 24.3 Å². The molecule has 28 heavy (non-hydrogen) atoms. The van der Waals surface area contributed by atoms with Crippen LogP contribution in [0.3, 0.4) is 0 Å². The number of para-hydroxylation sites is 1. The maximum absolute atomic E-state index is 13.0. The lowest BCUT2D eigenvalue weighted by Gasteiger charge is -2.29. The van der Waals surface area contributed by atoms with Crippen LogP contribution >= 0.6 is 0 Å². The van der Waals surface area contributed by atoms with Gasteiger partial charge in [-0.25, -0.2) is 0 Å². The number of aromatic nitrogens is 1. The van der Waals surface area contributed by atoms with Crippen molar-refractivity contribution in [1.82, 2.24) is 9.88 Å². The fourth-order valence-electron chi connectivity index (χ4n) is 3.75. The molecule has 1 amide bonds. The Balaban J connectivity index is 1.54. The van der Waals surface area contributed by atoms with Gasteiger partial charge in [-0.05, 0) is 41.2 Å². The molecular weight excluding hydrogens is 346 g/mol. The lowest BCUT2D eigenvalue weighted by Crippen LogP contribution is -2.36. The van der Waals surface area contributed by atoms with Crippen LogP contribution in [0.4, 0.5) is 11.4 Å². The highest BCUT2D eigenvalue weighted by Gasteiger charge is 2.22. The van der Waals surface area contributed by atoms with Gasteiger partial charge in [0, 0.05) is 25.0 Å². The molecule has 0 atom stereocenters. The van der Waals surface area contributed by atoms with E-state index in [9.17, 15) is 4.79 Å². The van der Waals surface area contributed by atoms with Crippen molar-refractivity contribution in [3.05, 3.63) is 89.2 Å². The van der Waals surface area contributed by atoms with Gasteiger partial charge in [-0.15, -0.1) is 0 Å². The molecule has 0 saturated carbocycles. The van der Waals surface area contributed by atoms with Crippen LogP contribution in [0.5, 0.6) is 0 Å². The van der Waals surface area contributed by atoms with Crippen molar-refractivity contribution in [3.63, 3.8) is 0 Å². The van der Waals surface area contributed by atoms with Crippen LogP contribution in [0.2, 0.25) is 0 Å². The van der Waals surface area contributed by atoms with Crippen LogP contribution in [-0.2, 0) is 13.0 Å². The van der Waals surface area contributed by atoms with Gasteiger partial charge < -0.3 is 10.2 Å². The number of nitrogens with zero attached hydrogens (tertiary/aromatic N) is 2. The molecule has 4 rings (SSSR count). The Bertz CT molecular complexity index is 996. The average molecular weight is 371 g/mol. The zero-order valence-electron chi connectivity index (χ0n) is 16.4. The molecule has 2 aromatic carbocycles. The Morgan fingerprint density at radius 1 is 1.04 bits per heavy atom. The van der Waals surface area contributed by atoms with E-state index < -0.39 is 0 Å². The SMILES string of the molecule is CC(C)c1ccccc1Nc1cncc(C(=O)N2CCc3ccccc3C2)c1. The monoisotopic (exact) mass is 371 g/mol. The van der Waals surface area contributed by atoms with Gasteiger partial charge in [0.05, 0.1) is 17.4 Å². The number of amides is 1. The van der Waals surface area contributed by atoms with Crippen molar-refractivity contribution >= 4 is 17.3 Å². The van der Waals surface area contributed by atoms with Gasteiger partial charge in [-0.3, -0.25) is 9.78 Å². The number of benzene rings is 2. The Kier molecular flexibility index (Phi) is 5.11. The predicted octanol–water partition coefficient (Wildman–Crippen LogP) is 5.15. The number of fused-ring (bicyclic) bond motifs is 1. The highest BCUT2D eigenvalue weighted by atomic mass is 16.2. The molecule has 0 fully saturated rings. The summed E-state index contributed by atoms with van der Waals surface area (Å²) in [6.07, 6.45) is 4.32. The third-order valence-electron chi connectivity index (χ3n) is 5.26. The fourth-order valence-corrected chi connectivity index (χ4v) is 3.75. The maximum Gasteiger partial charge on any atom is 0.255 e. The lowest BCUT2D eigenvalue weighted by atomic mass is 9.99. The van der Waals surface area contributed by atoms with Gasteiger partial charge in [0.25, 0.3) is 5.91 Å². The standard InChI is InChI=1S/C24H25N3O/c1-17(2)22-9-5-6-10-23(22)26-21-13-20(14-25-15-21)24(28)27-12-11-18-7-3-4-8-19(18)16-27/h3-10,13-15,17,26H,11-12,16H2,1-2H3. The van der Waals surface area contributed by atoms with E-state index in [-0.39, 0.29) is 5.91 Å². The smallest absolute Gasteiger partial charge is 0.255 e. The highest BCUT2D eigenvalue weighted by molar-refractivity contribution is 5.95. The Morgan fingerprint density at radius 3 is 2.61 bits per heavy atom. The number of hydrogen-bond acceptors (Lipinski definition) is 3. The predicted molar refractivity (Wildman–Crippen MR) is 113 cm³/mol. The van der Waals surface area contributed by atoms with E-state index in [1.54, 1.807) is 12.4 Å². The first-order chi connectivity index (χ1) is 13.6. The second-order valence-corrected chi connectivity index (χ2v) is 7.57. The summed E-state index contributed by atoms with van der Waals surface area (Å²) in [6.45, 7) is 5.74. The third kappa shape index (κ3) is 3.77. The van der Waals surface area contributed by atoms with Gasteiger partial charge in [0.15, 0.2) is 0 Å². The zero-order valence-corrected chi connectivity index (χ0v) is 16.4. The minimum Gasteiger partial charge on any atom is -0.354 e. The number of anilines is 2. The molecule has 0 saturated heterocycles. The summed E-state index contributed by atoms with van der Waals surface area (Å²) in [7, 11) is 0. The molecule has 1 aromatic heterocycles. The fraction of sp³-hybridized carbons (Fsp3) is 0.250. The van der Waals surface area contributed by atoms with E-state index in [1.807, 2.05) is 29.2 Å². The first-order valence-electron chi connectivity index (χ1n) is 9.79. The van der Waals surface area contributed by atoms with Crippen LogP contribution in [0.25, 0.3) is 0 Å². The highest BCUT2D eigenvalue weighted by Crippen LogP contribution is 2.27. The van der Waals surface area contributed by atoms with E-state index in [0.29, 0.717) is 18.0 Å². The molecule has 0 bridgehead atoms. The molecule has 0 spiro atoms. The van der Waals surface area contributed by atoms with Gasteiger partial charge >= 0.3 is 0 Å². The summed E-state index contributed by atoms with van der Waals surface area (Å²) in [5.41, 5.74) is 6.31. The normalized spacial score (nSPS) is 13.3. The number of pyridine rings is 1. The minimum atomic E-state index is 0.0304. The van der Waals surface area contributed by atoms with Crippen molar-refractivity contribution in [2.75, 3.05) is 11.9 Å². The van der Waals surface area contributed by atoms with E-state index in [1.165, 1.54) is 16.7 Å². The molecule has 0 unspecified atom stereocenters. The van der Waals surface area contributed by atoms with Gasteiger partial charge in [-0.1, -0.05) is 56.3 Å². The van der Waals surface area contributed by atoms with Crippen molar-refractivity contribution in [3.8, 4) is 0 Å². The summed E-state index contributed by atoms with van der Waals surface area (Å²) < 4.78 is 0. The molecule has 0 radical (unpaired) electrons. The summed E-state index contributed by atoms with van der Waals surface area (Å²) in [4.78, 5) is 19.3. The van der Waals surface area contributed by atoms with Crippen LogP contribution in [0.1, 0.15) is 46.8 Å². The number of carbonyl (C=O) groups excluding carboxylic acids is 1. The Morgan fingerprint density at radius 2 is 1.79 bits per heavy atom. The number of carbonyl (C=O) groups is 1. The van der Waals surface area contributed by atoms with Gasteiger partial charge in [0.2, 0.25) is 0 Å². The molecule has 1 N–H and O–H groups in total. The summed E-state index contributed by atoms with van der Waals surface area (Å²) >= 11 is 0. The van der Waals surface area contributed by atoms with E-state index >= 15 is 0 Å². The maximum atomic E-state index is 13.0. The lowest BCUT2D eigenvalue weighted by molar-refractivity contribution is 0.0734. The second-order valence-electron chi connectivity index (χ2n) is 7.57. The quantitative estimate of drug-likeness (QED) is 0.690. The molecule has 3 aromatic rings. The molecule has 4 nitrogen and oxygen atoms in total. The molecule has 142 valence electrons. The number of nitrogens with one attached hydrogen (secondary N) is 1. The summed E-state index contributed by atoms with van der Waals surface area (Å²) in [5.74, 6) is 0.442. The van der Waals surface area contributed by atoms with Crippen molar-refractivity contribution < 1.29 is 4.79 Å². The largest absolute Gasteiger partial charge is 0.354 e.